The lowest BCUT2D eigenvalue weighted by Crippen LogP contribution is -2.58. The number of nitrogens with one attached hydrogen (secondary N) is 4. The van der Waals surface area contributed by atoms with Crippen molar-refractivity contribution in [1.82, 2.24) is 20.9 Å². The number of hydrogen-bond acceptors (Lipinski definition) is 8. The summed E-state index contributed by atoms with van der Waals surface area (Å²) in [6.07, 6.45) is 0.00627. The van der Waals surface area contributed by atoms with E-state index in [2.05, 4.69) is 33.6 Å². The number of rotatable bonds is 15. The van der Waals surface area contributed by atoms with Gasteiger partial charge >= 0.3 is 17.9 Å². The Balaban J connectivity index is 2.22. The van der Waals surface area contributed by atoms with Crippen LogP contribution >= 0.6 is 12.6 Å². The minimum atomic E-state index is -1.52. The lowest BCUT2D eigenvalue weighted by Gasteiger charge is -2.24. The van der Waals surface area contributed by atoms with Crippen molar-refractivity contribution in [3.05, 3.63) is 36.0 Å². The van der Waals surface area contributed by atoms with Gasteiger partial charge in [0.05, 0.1) is 12.5 Å². The van der Waals surface area contributed by atoms with Crippen molar-refractivity contribution in [2.75, 3.05) is 5.75 Å². The maximum Gasteiger partial charge on any atom is 0.326 e. The zero-order valence-corrected chi connectivity index (χ0v) is 20.9. The number of thiol groups is 1. The van der Waals surface area contributed by atoms with E-state index in [0.717, 1.165) is 10.9 Å². The van der Waals surface area contributed by atoms with Crippen LogP contribution in [0.25, 0.3) is 10.9 Å². The van der Waals surface area contributed by atoms with E-state index in [1.54, 1.807) is 30.5 Å². The molecular weight excluding hydrogens is 522 g/mol. The number of aromatic amines is 1. The van der Waals surface area contributed by atoms with Crippen molar-refractivity contribution < 1.29 is 44.1 Å². The van der Waals surface area contributed by atoms with Crippen LogP contribution in [0.4, 0.5) is 0 Å². The Morgan fingerprint density at radius 3 is 2.08 bits per heavy atom. The smallest absolute Gasteiger partial charge is 0.326 e. The molecule has 0 saturated carbocycles. The number of H-pyrrole nitrogens is 1. The fraction of sp³-hybridized carbons (Fsp3) is 0.391. The Kier molecular flexibility index (Phi) is 11.1. The maximum atomic E-state index is 13.2. The standard InChI is InChI=1S/C23H29N5O9S/c24-13(8-19(31)32)20(33)27-16(7-11-9-25-14-4-2-1-3-12(11)14)21(34)28-17(10-38)22(35)26-15(23(36)37)5-6-18(29)30/h1-4,9,13,15-17,25,38H,5-8,10,24H2,(H,26,35)(H,27,33)(H,28,34)(H,29,30)(H,31,32)(H,36,37). The molecule has 15 heteroatoms. The molecule has 0 aliphatic heterocycles. The van der Waals surface area contributed by atoms with E-state index in [-0.39, 0.29) is 18.6 Å². The van der Waals surface area contributed by atoms with Gasteiger partial charge in [-0.2, -0.15) is 12.6 Å². The number of fused-ring (bicyclic) bond motifs is 1. The molecule has 3 amide bonds. The zero-order chi connectivity index (χ0) is 28.4. The predicted octanol–water partition coefficient (Wildman–Crippen LogP) is -1.15. The van der Waals surface area contributed by atoms with Crippen LogP contribution in [0.5, 0.6) is 0 Å². The second-order valence-electron chi connectivity index (χ2n) is 8.40. The summed E-state index contributed by atoms with van der Waals surface area (Å²) < 4.78 is 0. The highest BCUT2D eigenvalue weighted by Crippen LogP contribution is 2.19. The highest BCUT2D eigenvalue weighted by molar-refractivity contribution is 7.80. The number of carbonyl (C=O) groups is 6. The van der Waals surface area contributed by atoms with Gasteiger partial charge in [0.15, 0.2) is 0 Å². The second kappa shape index (κ2) is 14.0. The third kappa shape index (κ3) is 8.77. The highest BCUT2D eigenvalue weighted by Gasteiger charge is 2.31. The molecule has 0 bridgehead atoms. The van der Waals surface area contributed by atoms with Crippen LogP contribution in [0, 0.1) is 0 Å². The summed E-state index contributed by atoms with van der Waals surface area (Å²) in [4.78, 5) is 74.6. The third-order valence-electron chi connectivity index (χ3n) is 5.54. The first-order valence-corrected chi connectivity index (χ1v) is 12.0. The number of aromatic nitrogens is 1. The molecule has 0 saturated heterocycles. The SMILES string of the molecule is NC(CC(=O)O)C(=O)NC(Cc1c[nH]c2ccccc12)C(=O)NC(CS)C(=O)NC(CCC(=O)O)C(=O)O. The Morgan fingerprint density at radius 1 is 0.868 bits per heavy atom. The predicted molar refractivity (Wildman–Crippen MR) is 136 cm³/mol. The van der Waals surface area contributed by atoms with Crippen LogP contribution in [-0.2, 0) is 35.2 Å². The lowest BCUT2D eigenvalue weighted by atomic mass is 10.0. The number of carboxylic acids is 3. The number of nitrogens with two attached hydrogens (primary N) is 1. The molecule has 4 atom stereocenters. The minimum Gasteiger partial charge on any atom is -0.481 e. The first-order chi connectivity index (χ1) is 17.9. The fourth-order valence-corrected chi connectivity index (χ4v) is 3.81. The third-order valence-corrected chi connectivity index (χ3v) is 5.91. The molecule has 14 nitrogen and oxygen atoms in total. The van der Waals surface area contributed by atoms with E-state index in [1.807, 2.05) is 0 Å². The number of carbonyl (C=O) groups excluding carboxylic acids is 3. The normalized spacial score (nSPS) is 14.1. The van der Waals surface area contributed by atoms with E-state index in [4.69, 9.17) is 15.9 Å². The number of amides is 3. The van der Waals surface area contributed by atoms with Gasteiger partial charge in [-0.05, 0) is 18.1 Å². The van der Waals surface area contributed by atoms with Gasteiger partial charge in [0.1, 0.15) is 18.1 Å². The van der Waals surface area contributed by atoms with Crippen LogP contribution < -0.4 is 21.7 Å². The van der Waals surface area contributed by atoms with Gasteiger partial charge in [-0.15, -0.1) is 0 Å². The minimum absolute atomic E-state index is 0.0569. The summed E-state index contributed by atoms with van der Waals surface area (Å²) in [5.74, 6) is -6.94. The summed E-state index contributed by atoms with van der Waals surface area (Å²) >= 11 is 4.04. The zero-order valence-electron chi connectivity index (χ0n) is 20.0. The van der Waals surface area contributed by atoms with Crippen molar-refractivity contribution in [1.29, 1.82) is 0 Å². The molecule has 4 unspecified atom stereocenters. The Labute approximate surface area is 221 Å². The Bertz CT molecular complexity index is 1200. The van der Waals surface area contributed by atoms with E-state index < -0.39 is 72.6 Å². The number of carboxylic acid groups (broad SMARTS) is 3. The summed E-state index contributed by atoms with van der Waals surface area (Å²) in [7, 11) is 0. The molecule has 0 fully saturated rings. The summed E-state index contributed by atoms with van der Waals surface area (Å²) in [5.41, 5.74) is 7.04. The topological polar surface area (TPSA) is 241 Å². The summed E-state index contributed by atoms with van der Waals surface area (Å²) in [6, 6.07) is 1.58. The number of para-hydroxylation sites is 1. The number of aliphatic carboxylic acids is 3. The first kappa shape index (κ1) is 30.1. The van der Waals surface area contributed by atoms with Crippen molar-refractivity contribution >= 4 is 59.2 Å². The average molecular weight is 552 g/mol. The molecule has 2 rings (SSSR count). The van der Waals surface area contributed by atoms with E-state index >= 15 is 0 Å². The van der Waals surface area contributed by atoms with Crippen molar-refractivity contribution in [2.24, 2.45) is 5.73 Å². The van der Waals surface area contributed by atoms with Crippen LogP contribution in [0.2, 0.25) is 0 Å². The monoisotopic (exact) mass is 551 g/mol. The first-order valence-electron chi connectivity index (χ1n) is 11.4. The van der Waals surface area contributed by atoms with Gasteiger partial charge in [0, 0.05) is 35.7 Å². The Hall–Kier alpha value is -4.11. The van der Waals surface area contributed by atoms with Crippen LogP contribution in [0.3, 0.4) is 0 Å². The second-order valence-corrected chi connectivity index (χ2v) is 8.77. The van der Waals surface area contributed by atoms with E-state index in [9.17, 15) is 33.9 Å². The quantitative estimate of drug-likeness (QED) is 0.120. The molecule has 0 spiro atoms. The van der Waals surface area contributed by atoms with Gasteiger partial charge in [-0.25, -0.2) is 4.79 Å². The molecular formula is C23H29N5O9S. The molecule has 0 aliphatic rings. The summed E-state index contributed by atoms with van der Waals surface area (Å²) in [5, 5.41) is 34.8. The van der Waals surface area contributed by atoms with E-state index in [0.29, 0.717) is 5.56 Å². The number of benzene rings is 1. The molecule has 0 aliphatic carbocycles. The van der Waals surface area contributed by atoms with Gasteiger partial charge in [0.25, 0.3) is 0 Å². The van der Waals surface area contributed by atoms with Gasteiger partial charge < -0.3 is 42.0 Å². The molecule has 38 heavy (non-hydrogen) atoms. The fourth-order valence-electron chi connectivity index (χ4n) is 3.55. The van der Waals surface area contributed by atoms with Crippen molar-refractivity contribution in [3.8, 4) is 0 Å². The maximum absolute atomic E-state index is 13.2. The molecule has 1 heterocycles. The van der Waals surface area contributed by atoms with Crippen LogP contribution in [0.1, 0.15) is 24.8 Å². The average Bonchev–Trinajstić information content (AvgIpc) is 3.26. The van der Waals surface area contributed by atoms with Crippen LogP contribution in [0.15, 0.2) is 30.5 Å². The number of hydrogen-bond donors (Lipinski definition) is 9. The van der Waals surface area contributed by atoms with Gasteiger partial charge in [-0.1, -0.05) is 18.2 Å². The van der Waals surface area contributed by atoms with Crippen molar-refractivity contribution in [2.45, 2.75) is 49.9 Å². The molecule has 0 radical (unpaired) electrons. The molecule has 1 aromatic heterocycles. The molecule has 2 aromatic rings. The Morgan fingerprint density at radius 2 is 1.47 bits per heavy atom. The lowest BCUT2D eigenvalue weighted by molar-refractivity contribution is -0.143. The van der Waals surface area contributed by atoms with E-state index in [1.165, 1.54) is 0 Å². The summed E-state index contributed by atoms with van der Waals surface area (Å²) in [6.45, 7) is 0. The van der Waals surface area contributed by atoms with Gasteiger partial charge in [-0.3, -0.25) is 24.0 Å². The molecule has 9 N–H and O–H groups in total. The van der Waals surface area contributed by atoms with Crippen LogP contribution in [-0.4, -0.2) is 85.9 Å². The van der Waals surface area contributed by atoms with Gasteiger partial charge in [0.2, 0.25) is 17.7 Å². The molecule has 206 valence electrons. The highest BCUT2D eigenvalue weighted by atomic mass is 32.1. The molecule has 1 aromatic carbocycles. The van der Waals surface area contributed by atoms with Crippen molar-refractivity contribution in [3.63, 3.8) is 0 Å². The largest absolute Gasteiger partial charge is 0.481 e.